The standard InChI is InChI=1S/C10H14N6S2/c11-9-14-13-8(18-9)6-17-10-15-12-7-4-2-1-3-5-16(7)10/h1-6H2,(H2,11,14). The van der Waals surface area contributed by atoms with Crippen molar-refractivity contribution in [2.45, 2.75) is 43.1 Å². The van der Waals surface area contributed by atoms with Gasteiger partial charge in [0, 0.05) is 13.0 Å². The first-order chi connectivity index (χ1) is 8.83. The summed E-state index contributed by atoms with van der Waals surface area (Å²) in [6.07, 6.45) is 4.75. The third-order valence-electron chi connectivity index (χ3n) is 2.88. The van der Waals surface area contributed by atoms with Crippen LogP contribution in [-0.4, -0.2) is 25.0 Å². The second-order valence-electron chi connectivity index (χ2n) is 4.18. The van der Waals surface area contributed by atoms with Gasteiger partial charge in [-0.25, -0.2) is 0 Å². The van der Waals surface area contributed by atoms with Gasteiger partial charge in [0.25, 0.3) is 0 Å². The molecule has 0 aromatic carbocycles. The highest BCUT2D eigenvalue weighted by atomic mass is 32.2. The lowest BCUT2D eigenvalue weighted by atomic mass is 10.2. The highest BCUT2D eigenvalue weighted by Crippen LogP contribution is 2.26. The lowest BCUT2D eigenvalue weighted by Crippen LogP contribution is -2.02. The highest BCUT2D eigenvalue weighted by Gasteiger charge is 2.15. The van der Waals surface area contributed by atoms with E-state index in [1.165, 1.54) is 30.6 Å². The van der Waals surface area contributed by atoms with Crippen LogP contribution in [0.15, 0.2) is 5.16 Å². The Balaban J connectivity index is 1.71. The van der Waals surface area contributed by atoms with Crippen LogP contribution in [0.1, 0.15) is 30.1 Å². The Kier molecular flexibility index (Phi) is 3.46. The Morgan fingerprint density at radius 2 is 2.11 bits per heavy atom. The minimum absolute atomic E-state index is 0.519. The first-order valence-corrected chi connectivity index (χ1v) is 7.76. The van der Waals surface area contributed by atoms with Gasteiger partial charge in [0.15, 0.2) is 5.16 Å². The molecule has 0 unspecified atom stereocenters. The lowest BCUT2D eigenvalue weighted by molar-refractivity contribution is 0.591. The Labute approximate surface area is 113 Å². The predicted molar refractivity (Wildman–Crippen MR) is 71.5 cm³/mol. The number of anilines is 1. The van der Waals surface area contributed by atoms with E-state index in [-0.39, 0.29) is 0 Å². The number of hydrogen-bond donors (Lipinski definition) is 1. The largest absolute Gasteiger partial charge is 0.374 e. The molecular formula is C10H14N6S2. The maximum Gasteiger partial charge on any atom is 0.203 e. The average molecular weight is 282 g/mol. The van der Waals surface area contributed by atoms with Crippen LogP contribution in [0.25, 0.3) is 0 Å². The number of nitrogen functional groups attached to an aromatic ring is 1. The van der Waals surface area contributed by atoms with E-state index >= 15 is 0 Å². The van der Waals surface area contributed by atoms with Gasteiger partial charge >= 0.3 is 0 Å². The minimum atomic E-state index is 0.519. The molecule has 96 valence electrons. The number of nitrogens with zero attached hydrogens (tertiary/aromatic N) is 5. The maximum absolute atomic E-state index is 5.56. The van der Waals surface area contributed by atoms with Gasteiger partial charge in [-0.05, 0) is 12.8 Å². The van der Waals surface area contributed by atoms with Crippen LogP contribution in [0.2, 0.25) is 0 Å². The van der Waals surface area contributed by atoms with Gasteiger partial charge in [-0.15, -0.1) is 20.4 Å². The van der Waals surface area contributed by atoms with Crippen molar-refractivity contribution < 1.29 is 0 Å². The zero-order chi connectivity index (χ0) is 12.4. The zero-order valence-electron chi connectivity index (χ0n) is 9.87. The second-order valence-corrected chi connectivity index (χ2v) is 6.22. The van der Waals surface area contributed by atoms with Crippen LogP contribution < -0.4 is 5.73 Å². The number of aromatic nitrogens is 5. The molecule has 0 amide bonds. The molecule has 2 N–H and O–H groups in total. The fraction of sp³-hybridized carbons (Fsp3) is 0.600. The number of thioether (sulfide) groups is 1. The number of fused-ring (bicyclic) bond motifs is 1. The molecule has 0 atom stereocenters. The van der Waals surface area contributed by atoms with Crippen molar-refractivity contribution in [3.63, 3.8) is 0 Å². The summed E-state index contributed by atoms with van der Waals surface area (Å²) < 4.78 is 2.24. The van der Waals surface area contributed by atoms with Gasteiger partial charge in [0.2, 0.25) is 5.13 Å². The van der Waals surface area contributed by atoms with Gasteiger partial charge in [0.05, 0.1) is 5.75 Å². The summed E-state index contributed by atoms with van der Waals surface area (Å²) in [5.41, 5.74) is 5.56. The van der Waals surface area contributed by atoms with E-state index in [1.54, 1.807) is 11.8 Å². The molecule has 2 aromatic heterocycles. The van der Waals surface area contributed by atoms with E-state index in [4.69, 9.17) is 5.73 Å². The molecule has 2 aromatic rings. The predicted octanol–water partition coefficient (Wildman–Crippen LogP) is 1.73. The van der Waals surface area contributed by atoms with Crippen LogP contribution in [0.5, 0.6) is 0 Å². The van der Waals surface area contributed by atoms with Crippen molar-refractivity contribution in [3.8, 4) is 0 Å². The third-order valence-corrected chi connectivity index (χ3v) is 4.80. The Morgan fingerprint density at radius 3 is 2.94 bits per heavy atom. The molecule has 6 nitrogen and oxygen atoms in total. The van der Waals surface area contributed by atoms with Crippen molar-refractivity contribution in [1.29, 1.82) is 0 Å². The van der Waals surface area contributed by atoms with Crippen LogP contribution in [0.3, 0.4) is 0 Å². The van der Waals surface area contributed by atoms with Crippen molar-refractivity contribution in [2.75, 3.05) is 5.73 Å². The highest BCUT2D eigenvalue weighted by molar-refractivity contribution is 7.98. The molecule has 1 aliphatic rings. The lowest BCUT2D eigenvalue weighted by Gasteiger charge is -2.04. The van der Waals surface area contributed by atoms with Gasteiger partial charge < -0.3 is 10.3 Å². The normalized spacial score (nSPS) is 15.3. The van der Waals surface area contributed by atoms with Crippen molar-refractivity contribution in [3.05, 3.63) is 10.8 Å². The average Bonchev–Trinajstić information content (AvgIpc) is 2.87. The number of nitrogens with two attached hydrogens (primary N) is 1. The second kappa shape index (κ2) is 5.23. The first kappa shape index (κ1) is 11.9. The fourth-order valence-electron chi connectivity index (χ4n) is 2.02. The van der Waals surface area contributed by atoms with Crippen molar-refractivity contribution >= 4 is 28.2 Å². The van der Waals surface area contributed by atoms with Gasteiger partial charge in [-0.1, -0.05) is 29.5 Å². The molecule has 0 bridgehead atoms. The molecule has 0 fully saturated rings. The number of hydrogen-bond acceptors (Lipinski definition) is 7. The van der Waals surface area contributed by atoms with Crippen molar-refractivity contribution in [1.82, 2.24) is 25.0 Å². The summed E-state index contributed by atoms with van der Waals surface area (Å²) >= 11 is 3.09. The summed E-state index contributed by atoms with van der Waals surface area (Å²) in [5.74, 6) is 1.87. The third kappa shape index (κ3) is 2.49. The minimum Gasteiger partial charge on any atom is -0.374 e. The van der Waals surface area contributed by atoms with E-state index in [9.17, 15) is 0 Å². The topological polar surface area (TPSA) is 82.5 Å². The summed E-state index contributed by atoms with van der Waals surface area (Å²) in [4.78, 5) is 0. The Morgan fingerprint density at radius 1 is 1.17 bits per heavy atom. The van der Waals surface area contributed by atoms with Gasteiger partial charge in [-0.3, -0.25) is 0 Å². The smallest absolute Gasteiger partial charge is 0.203 e. The van der Waals surface area contributed by atoms with E-state index in [1.807, 2.05) is 0 Å². The van der Waals surface area contributed by atoms with E-state index < -0.39 is 0 Å². The summed E-state index contributed by atoms with van der Waals surface area (Å²) in [6, 6.07) is 0. The van der Waals surface area contributed by atoms with Crippen LogP contribution >= 0.6 is 23.1 Å². The molecule has 3 heterocycles. The van der Waals surface area contributed by atoms with Crippen LogP contribution in [0.4, 0.5) is 5.13 Å². The summed E-state index contributed by atoms with van der Waals surface area (Å²) in [6.45, 7) is 1.03. The fourth-order valence-corrected chi connectivity index (χ4v) is 3.59. The first-order valence-electron chi connectivity index (χ1n) is 5.95. The van der Waals surface area contributed by atoms with Gasteiger partial charge in [-0.2, -0.15) is 0 Å². The molecule has 0 saturated carbocycles. The van der Waals surface area contributed by atoms with E-state index in [0.717, 1.165) is 34.7 Å². The SMILES string of the molecule is Nc1nnc(CSc2nnc3n2CCCCC3)s1. The van der Waals surface area contributed by atoms with Crippen molar-refractivity contribution in [2.24, 2.45) is 0 Å². The Hall–Kier alpha value is -1.15. The summed E-state index contributed by atoms with van der Waals surface area (Å²) in [7, 11) is 0. The maximum atomic E-state index is 5.56. The summed E-state index contributed by atoms with van der Waals surface area (Å²) in [5, 5.41) is 18.8. The quantitative estimate of drug-likeness (QED) is 0.863. The molecule has 8 heteroatoms. The van der Waals surface area contributed by atoms with Crippen LogP contribution in [-0.2, 0) is 18.7 Å². The molecule has 3 rings (SSSR count). The Bertz CT molecular complexity index is 534. The monoisotopic (exact) mass is 282 g/mol. The molecule has 0 saturated heterocycles. The molecule has 0 aliphatic carbocycles. The molecule has 0 radical (unpaired) electrons. The number of rotatable bonds is 3. The van der Waals surface area contributed by atoms with Gasteiger partial charge in [0.1, 0.15) is 10.8 Å². The zero-order valence-corrected chi connectivity index (χ0v) is 11.5. The molecule has 1 aliphatic heterocycles. The molecule has 18 heavy (non-hydrogen) atoms. The number of aryl methyl sites for hydroxylation is 1. The molecular weight excluding hydrogens is 268 g/mol. The van der Waals surface area contributed by atoms with E-state index in [2.05, 4.69) is 25.0 Å². The van der Waals surface area contributed by atoms with Crippen LogP contribution in [0, 0.1) is 0 Å². The molecule has 0 spiro atoms. The van der Waals surface area contributed by atoms with E-state index in [0.29, 0.717) is 5.13 Å².